The van der Waals surface area contributed by atoms with Crippen LogP contribution in [0.25, 0.3) is 17.4 Å². The molecule has 0 bridgehead atoms. The predicted molar refractivity (Wildman–Crippen MR) is 144 cm³/mol. The largest absolute Gasteiger partial charge is 0.496 e. The first-order chi connectivity index (χ1) is 18.2. The van der Waals surface area contributed by atoms with Gasteiger partial charge in [0.25, 0.3) is 0 Å². The first kappa shape index (κ1) is 26.7. The SMILES string of the molecule is COc1ccc(OCCNC(=O)Nc2cc(-n3nc(C)cc3C)nc(-c3ccc(C)o3)n2)cc1CN(C)C. The highest BCUT2D eigenvalue weighted by molar-refractivity contribution is 5.88. The van der Waals surface area contributed by atoms with E-state index in [-0.39, 0.29) is 0 Å². The maximum Gasteiger partial charge on any atom is 0.320 e. The Morgan fingerprint density at radius 2 is 1.89 bits per heavy atom. The van der Waals surface area contributed by atoms with Crippen LogP contribution in [0, 0.1) is 20.8 Å². The molecule has 0 spiro atoms. The number of nitrogens with one attached hydrogen (secondary N) is 2. The second-order valence-corrected chi connectivity index (χ2v) is 9.12. The van der Waals surface area contributed by atoms with Gasteiger partial charge in [-0.05, 0) is 71.3 Å². The molecule has 38 heavy (non-hydrogen) atoms. The van der Waals surface area contributed by atoms with Gasteiger partial charge in [0.1, 0.15) is 29.7 Å². The maximum atomic E-state index is 12.6. The molecule has 3 heterocycles. The molecular formula is C27H33N7O4. The van der Waals surface area contributed by atoms with Gasteiger partial charge in [-0.2, -0.15) is 5.10 Å². The highest BCUT2D eigenvalue weighted by Gasteiger charge is 2.15. The predicted octanol–water partition coefficient (Wildman–Crippen LogP) is 4.12. The Balaban J connectivity index is 1.41. The van der Waals surface area contributed by atoms with Crippen LogP contribution in [0.2, 0.25) is 0 Å². The van der Waals surface area contributed by atoms with E-state index in [1.807, 2.05) is 65.2 Å². The van der Waals surface area contributed by atoms with E-state index < -0.39 is 6.03 Å². The Hall–Kier alpha value is -4.38. The summed E-state index contributed by atoms with van der Waals surface area (Å²) in [5, 5.41) is 10.1. The number of carbonyl (C=O) groups excluding carboxylic acids is 1. The van der Waals surface area contributed by atoms with E-state index >= 15 is 0 Å². The van der Waals surface area contributed by atoms with Crippen LogP contribution in [-0.2, 0) is 6.54 Å². The number of benzene rings is 1. The number of anilines is 1. The summed E-state index contributed by atoms with van der Waals surface area (Å²) in [6.07, 6.45) is 0. The average Bonchev–Trinajstić information content (AvgIpc) is 3.45. The number of hydrogen-bond donors (Lipinski definition) is 2. The number of hydrogen-bond acceptors (Lipinski definition) is 8. The van der Waals surface area contributed by atoms with Gasteiger partial charge in [-0.25, -0.2) is 19.4 Å². The maximum absolute atomic E-state index is 12.6. The van der Waals surface area contributed by atoms with Crippen LogP contribution in [0.15, 0.2) is 46.9 Å². The molecule has 4 rings (SSSR count). The normalized spacial score (nSPS) is 11.0. The molecule has 0 radical (unpaired) electrons. The number of furan rings is 1. The Morgan fingerprint density at radius 1 is 1.08 bits per heavy atom. The minimum Gasteiger partial charge on any atom is -0.496 e. The quantitative estimate of drug-likeness (QED) is 0.300. The molecule has 0 aliphatic rings. The zero-order valence-electron chi connectivity index (χ0n) is 22.5. The Kier molecular flexibility index (Phi) is 8.27. The van der Waals surface area contributed by atoms with Crippen molar-refractivity contribution in [3.8, 4) is 28.9 Å². The summed E-state index contributed by atoms with van der Waals surface area (Å²) in [4.78, 5) is 23.8. The molecule has 0 saturated carbocycles. The second-order valence-electron chi connectivity index (χ2n) is 9.12. The van der Waals surface area contributed by atoms with Gasteiger partial charge in [-0.1, -0.05) is 0 Å². The van der Waals surface area contributed by atoms with Gasteiger partial charge in [0, 0.05) is 23.9 Å². The van der Waals surface area contributed by atoms with Crippen LogP contribution in [0.3, 0.4) is 0 Å². The van der Waals surface area contributed by atoms with Crippen LogP contribution in [0.5, 0.6) is 11.5 Å². The fraction of sp³-hybridized carbons (Fsp3) is 0.333. The number of rotatable bonds is 10. The molecule has 0 saturated heterocycles. The van der Waals surface area contributed by atoms with Crippen LogP contribution in [-0.4, -0.2) is 65.0 Å². The summed E-state index contributed by atoms with van der Waals surface area (Å²) in [5.41, 5.74) is 2.78. The van der Waals surface area contributed by atoms with E-state index in [9.17, 15) is 4.79 Å². The summed E-state index contributed by atoms with van der Waals surface area (Å²) < 4.78 is 18.7. The van der Waals surface area contributed by atoms with Crippen molar-refractivity contribution in [2.45, 2.75) is 27.3 Å². The third-order valence-electron chi connectivity index (χ3n) is 5.54. The Morgan fingerprint density at radius 3 is 2.55 bits per heavy atom. The molecule has 11 heteroatoms. The lowest BCUT2D eigenvalue weighted by molar-refractivity contribution is 0.247. The summed E-state index contributed by atoms with van der Waals surface area (Å²) in [5.74, 6) is 3.91. The van der Waals surface area contributed by atoms with Crippen molar-refractivity contribution in [3.05, 3.63) is 65.2 Å². The molecule has 0 unspecified atom stereocenters. The van der Waals surface area contributed by atoms with Gasteiger partial charge in [0.2, 0.25) is 0 Å². The standard InChI is InChI=1S/C27H33N7O4/c1-17-13-18(2)34(32-17)25-15-24(29-26(31-25)23-9-7-19(3)38-23)30-27(35)28-11-12-37-21-8-10-22(36-6)20(14-21)16-33(4)5/h7-10,13-15H,11-12,16H2,1-6H3,(H2,28,29,30,31,35). The third kappa shape index (κ3) is 6.68. The van der Waals surface area contributed by atoms with Crippen LogP contribution < -0.4 is 20.1 Å². The Bertz CT molecular complexity index is 1410. The van der Waals surface area contributed by atoms with E-state index in [1.165, 1.54) is 0 Å². The van der Waals surface area contributed by atoms with Gasteiger partial charge in [0.05, 0.1) is 19.3 Å². The number of urea groups is 1. The zero-order chi connectivity index (χ0) is 27.2. The summed E-state index contributed by atoms with van der Waals surface area (Å²) in [7, 11) is 5.63. The monoisotopic (exact) mass is 519 g/mol. The number of ether oxygens (including phenoxy) is 2. The summed E-state index contributed by atoms with van der Waals surface area (Å²) >= 11 is 0. The number of nitrogens with zero attached hydrogens (tertiary/aromatic N) is 5. The van der Waals surface area contributed by atoms with Crippen molar-refractivity contribution in [1.82, 2.24) is 30.0 Å². The van der Waals surface area contributed by atoms with Gasteiger partial charge < -0.3 is 24.1 Å². The van der Waals surface area contributed by atoms with E-state index in [1.54, 1.807) is 23.9 Å². The first-order valence-corrected chi connectivity index (χ1v) is 12.2. The van der Waals surface area contributed by atoms with Gasteiger partial charge in [0.15, 0.2) is 17.4 Å². The fourth-order valence-corrected chi connectivity index (χ4v) is 3.94. The highest BCUT2D eigenvalue weighted by Crippen LogP contribution is 2.25. The second kappa shape index (κ2) is 11.8. The van der Waals surface area contributed by atoms with Crippen molar-refractivity contribution >= 4 is 11.8 Å². The van der Waals surface area contributed by atoms with Crippen molar-refractivity contribution in [3.63, 3.8) is 0 Å². The van der Waals surface area contributed by atoms with Crippen molar-refractivity contribution < 1.29 is 18.7 Å². The van der Waals surface area contributed by atoms with Crippen LogP contribution in [0.4, 0.5) is 10.6 Å². The zero-order valence-corrected chi connectivity index (χ0v) is 22.5. The molecule has 1 aromatic carbocycles. The van der Waals surface area contributed by atoms with Crippen LogP contribution >= 0.6 is 0 Å². The smallest absolute Gasteiger partial charge is 0.320 e. The van der Waals surface area contributed by atoms with E-state index in [2.05, 4.69) is 30.6 Å². The van der Waals surface area contributed by atoms with Crippen LogP contribution in [0.1, 0.15) is 22.7 Å². The van der Waals surface area contributed by atoms with Crippen molar-refractivity contribution in [2.75, 3.05) is 39.7 Å². The molecular weight excluding hydrogens is 486 g/mol. The number of amides is 2. The molecule has 3 aromatic heterocycles. The summed E-state index contributed by atoms with van der Waals surface area (Å²) in [6.45, 7) is 6.99. The van der Waals surface area contributed by atoms with Gasteiger partial charge >= 0.3 is 6.03 Å². The minimum atomic E-state index is -0.420. The topological polar surface area (TPSA) is 120 Å². The lowest BCUT2D eigenvalue weighted by Crippen LogP contribution is -2.32. The molecule has 200 valence electrons. The number of aryl methyl sites for hydroxylation is 3. The fourth-order valence-electron chi connectivity index (χ4n) is 3.94. The third-order valence-corrected chi connectivity index (χ3v) is 5.54. The number of aromatic nitrogens is 4. The lowest BCUT2D eigenvalue weighted by atomic mass is 10.2. The molecule has 2 N–H and O–H groups in total. The number of methoxy groups -OCH3 is 1. The van der Waals surface area contributed by atoms with Gasteiger partial charge in [-0.3, -0.25) is 5.32 Å². The van der Waals surface area contributed by atoms with E-state index in [0.717, 1.165) is 35.0 Å². The van der Waals surface area contributed by atoms with E-state index in [4.69, 9.17) is 13.9 Å². The molecule has 11 nitrogen and oxygen atoms in total. The molecule has 2 amide bonds. The summed E-state index contributed by atoms with van der Waals surface area (Å²) in [6, 6.07) is 12.5. The average molecular weight is 520 g/mol. The molecule has 0 fully saturated rings. The van der Waals surface area contributed by atoms with Crippen molar-refractivity contribution in [2.24, 2.45) is 0 Å². The number of carbonyl (C=O) groups is 1. The Labute approximate surface area is 221 Å². The van der Waals surface area contributed by atoms with Gasteiger partial charge in [-0.15, -0.1) is 0 Å². The molecule has 0 atom stereocenters. The molecule has 0 aliphatic heterocycles. The first-order valence-electron chi connectivity index (χ1n) is 12.2. The lowest BCUT2D eigenvalue weighted by Gasteiger charge is -2.15. The van der Waals surface area contributed by atoms with E-state index in [0.29, 0.717) is 42.1 Å². The van der Waals surface area contributed by atoms with Crippen molar-refractivity contribution in [1.29, 1.82) is 0 Å². The minimum absolute atomic E-state index is 0.291. The molecule has 0 aliphatic carbocycles. The highest BCUT2D eigenvalue weighted by atomic mass is 16.5. The molecule has 4 aromatic rings.